The average Bonchev–Trinajstić information content (AvgIpc) is 3.40. The summed E-state index contributed by atoms with van der Waals surface area (Å²) in [5.74, 6) is 2.09. The minimum Gasteiger partial charge on any atom is -0.457 e. The van der Waals surface area contributed by atoms with Crippen molar-refractivity contribution in [2.75, 3.05) is 13.6 Å². The van der Waals surface area contributed by atoms with E-state index in [0.717, 1.165) is 42.2 Å². The van der Waals surface area contributed by atoms with Gasteiger partial charge in [-0.2, -0.15) is 0 Å². The van der Waals surface area contributed by atoms with Crippen LogP contribution < -0.4 is 10.1 Å². The first-order valence-electron chi connectivity index (χ1n) is 11.2. The molecule has 2 aromatic carbocycles. The molecular formula is C27H30BN3O. The summed E-state index contributed by atoms with van der Waals surface area (Å²) in [5, 5.41) is 3.28. The van der Waals surface area contributed by atoms with Crippen LogP contribution in [0.15, 0.2) is 89.7 Å². The predicted molar refractivity (Wildman–Crippen MR) is 137 cm³/mol. The summed E-state index contributed by atoms with van der Waals surface area (Å²) in [6.07, 6.45) is 8.32. The molecule has 4 nitrogen and oxygen atoms in total. The number of hydrogen-bond donors (Lipinski definition) is 1. The van der Waals surface area contributed by atoms with Crippen LogP contribution in [0.25, 0.3) is 11.6 Å². The molecule has 1 aliphatic heterocycles. The van der Waals surface area contributed by atoms with E-state index in [2.05, 4.69) is 67.3 Å². The molecule has 2 heterocycles. The third-order valence-electron chi connectivity index (χ3n) is 5.76. The summed E-state index contributed by atoms with van der Waals surface area (Å²) in [4.78, 5) is 5.05. The highest BCUT2D eigenvalue weighted by molar-refractivity contribution is 6.08. The van der Waals surface area contributed by atoms with E-state index in [-0.39, 0.29) is 0 Å². The summed E-state index contributed by atoms with van der Waals surface area (Å²) in [7, 11) is 4.10. The minimum absolute atomic E-state index is 0.415. The molecule has 0 aliphatic carbocycles. The Morgan fingerprint density at radius 1 is 1.06 bits per heavy atom. The van der Waals surface area contributed by atoms with Gasteiger partial charge in [-0.3, -0.25) is 4.99 Å². The van der Waals surface area contributed by atoms with Crippen molar-refractivity contribution in [2.24, 2.45) is 10.9 Å². The zero-order valence-electron chi connectivity index (χ0n) is 19.1. The van der Waals surface area contributed by atoms with Crippen LogP contribution >= 0.6 is 0 Å². The topological polar surface area (TPSA) is 38.5 Å². The minimum atomic E-state index is 0.415. The van der Waals surface area contributed by atoms with E-state index in [9.17, 15) is 0 Å². The van der Waals surface area contributed by atoms with E-state index in [1.165, 1.54) is 17.0 Å². The maximum atomic E-state index is 5.88. The van der Waals surface area contributed by atoms with Crippen molar-refractivity contribution >= 4 is 25.3 Å². The van der Waals surface area contributed by atoms with Crippen molar-refractivity contribution in [3.63, 3.8) is 0 Å². The SMILES string of the molecule is Bn1cccc1/C(CCNC)=C1N=C(/C=C/c2ccc(Oc3ccccc3)cc2)CC\1C. The average molecular weight is 423 g/mol. The lowest BCUT2D eigenvalue weighted by atomic mass is 9.96. The van der Waals surface area contributed by atoms with Crippen LogP contribution in [0, 0.1) is 5.92 Å². The molecule has 162 valence electrons. The fourth-order valence-electron chi connectivity index (χ4n) is 4.07. The van der Waals surface area contributed by atoms with Gasteiger partial charge >= 0.3 is 0 Å². The van der Waals surface area contributed by atoms with Crippen LogP contribution in [0.3, 0.4) is 0 Å². The number of benzene rings is 2. The van der Waals surface area contributed by atoms with Crippen molar-refractivity contribution in [1.29, 1.82) is 0 Å². The molecule has 0 fully saturated rings. The van der Waals surface area contributed by atoms with Crippen molar-refractivity contribution in [3.05, 3.63) is 96.0 Å². The van der Waals surface area contributed by atoms with E-state index in [1.807, 2.05) is 49.5 Å². The van der Waals surface area contributed by atoms with Crippen molar-refractivity contribution < 1.29 is 4.74 Å². The number of ether oxygens (including phenoxy) is 1. The molecule has 5 heteroatoms. The maximum Gasteiger partial charge on any atom is 0.223 e. The lowest BCUT2D eigenvalue weighted by Crippen LogP contribution is -2.11. The number of nitrogens with one attached hydrogen (secondary N) is 1. The Morgan fingerprint density at radius 2 is 1.81 bits per heavy atom. The lowest BCUT2D eigenvalue weighted by Gasteiger charge is -2.14. The number of aromatic nitrogens is 1. The molecule has 1 N–H and O–H groups in total. The van der Waals surface area contributed by atoms with E-state index in [0.29, 0.717) is 5.92 Å². The molecule has 1 aromatic heterocycles. The third-order valence-corrected chi connectivity index (χ3v) is 5.76. The van der Waals surface area contributed by atoms with E-state index < -0.39 is 0 Å². The van der Waals surface area contributed by atoms with Crippen LogP contribution in [0.2, 0.25) is 0 Å². The van der Waals surface area contributed by atoms with Crippen molar-refractivity contribution in [3.8, 4) is 11.5 Å². The van der Waals surface area contributed by atoms with Gasteiger partial charge in [0.25, 0.3) is 0 Å². The molecule has 0 saturated heterocycles. The highest BCUT2D eigenvalue weighted by atomic mass is 16.5. The van der Waals surface area contributed by atoms with Gasteiger partial charge in [-0.05, 0) is 86.2 Å². The van der Waals surface area contributed by atoms with Gasteiger partial charge in [0.2, 0.25) is 7.98 Å². The monoisotopic (exact) mass is 423 g/mol. The first-order chi connectivity index (χ1) is 15.6. The summed E-state index contributed by atoms with van der Waals surface area (Å²) >= 11 is 0. The second-order valence-electron chi connectivity index (χ2n) is 8.25. The van der Waals surface area contributed by atoms with Crippen LogP contribution in [0.5, 0.6) is 11.5 Å². The number of para-hydroxylation sites is 1. The van der Waals surface area contributed by atoms with E-state index >= 15 is 0 Å². The van der Waals surface area contributed by atoms with Crippen LogP contribution in [-0.2, 0) is 0 Å². The number of rotatable bonds is 8. The normalized spacial score (nSPS) is 17.6. The Balaban J connectivity index is 1.51. The summed E-state index contributed by atoms with van der Waals surface area (Å²) in [6.45, 7) is 3.21. The molecule has 1 aliphatic rings. The molecule has 0 spiro atoms. The quantitative estimate of drug-likeness (QED) is 0.507. The van der Waals surface area contributed by atoms with Crippen molar-refractivity contribution in [2.45, 2.75) is 19.8 Å². The summed E-state index contributed by atoms with van der Waals surface area (Å²) in [5.41, 5.74) is 6.08. The van der Waals surface area contributed by atoms with Gasteiger partial charge in [0.05, 0.1) is 0 Å². The molecule has 0 bridgehead atoms. The molecule has 32 heavy (non-hydrogen) atoms. The Labute approximate surface area is 191 Å². The molecule has 1 unspecified atom stereocenters. The Morgan fingerprint density at radius 3 is 2.50 bits per heavy atom. The Bertz CT molecular complexity index is 1130. The number of hydrogen-bond acceptors (Lipinski definition) is 3. The molecular weight excluding hydrogens is 393 g/mol. The predicted octanol–water partition coefficient (Wildman–Crippen LogP) is 5.19. The van der Waals surface area contributed by atoms with Gasteiger partial charge in [0.1, 0.15) is 11.5 Å². The van der Waals surface area contributed by atoms with Crippen LogP contribution in [-0.4, -0.2) is 31.8 Å². The second kappa shape index (κ2) is 10.3. The first-order valence-corrected chi connectivity index (χ1v) is 11.2. The summed E-state index contributed by atoms with van der Waals surface area (Å²) < 4.78 is 8.07. The van der Waals surface area contributed by atoms with Gasteiger partial charge < -0.3 is 14.5 Å². The number of nitrogens with zero attached hydrogens (tertiary/aromatic N) is 2. The zero-order valence-corrected chi connectivity index (χ0v) is 19.1. The van der Waals surface area contributed by atoms with Gasteiger partial charge in [-0.25, -0.2) is 0 Å². The highest BCUT2D eigenvalue weighted by Crippen LogP contribution is 2.34. The Kier molecular flexibility index (Phi) is 7.08. The van der Waals surface area contributed by atoms with E-state index in [4.69, 9.17) is 9.73 Å². The van der Waals surface area contributed by atoms with Crippen LogP contribution in [0.4, 0.5) is 0 Å². The number of allylic oxidation sites excluding steroid dienone is 2. The fraction of sp³-hybridized carbons (Fsp3) is 0.222. The smallest absolute Gasteiger partial charge is 0.223 e. The molecule has 3 aromatic rings. The van der Waals surface area contributed by atoms with Gasteiger partial charge in [-0.1, -0.05) is 43.3 Å². The maximum absolute atomic E-state index is 5.88. The third kappa shape index (κ3) is 5.29. The highest BCUT2D eigenvalue weighted by Gasteiger charge is 2.23. The molecule has 0 radical (unpaired) electrons. The van der Waals surface area contributed by atoms with Gasteiger partial charge in [-0.15, -0.1) is 0 Å². The number of aliphatic imine (C=N–C) groups is 1. The van der Waals surface area contributed by atoms with Crippen molar-refractivity contribution in [1.82, 2.24) is 9.79 Å². The first kappa shape index (κ1) is 21.9. The van der Waals surface area contributed by atoms with Gasteiger partial charge in [0, 0.05) is 23.0 Å². The lowest BCUT2D eigenvalue weighted by molar-refractivity contribution is 0.482. The molecule has 0 amide bonds. The largest absolute Gasteiger partial charge is 0.457 e. The molecule has 4 rings (SSSR count). The van der Waals surface area contributed by atoms with Gasteiger partial charge in [0.15, 0.2) is 0 Å². The molecule has 1 atom stereocenters. The Hall–Kier alpha value is -3.31. The second-order valence-corrected chi connectivity index (χ2v) is 8.25. The summed E-state index contributed by atoms with van der Waals surface area (Å²) in [6, 6.07) is 22.3. The fourth-order valence-corrected chi connectivity index (χ4v) is 4.07. The van der Waals surface area contributed by atoms with Crippen LogP contribution in [0.1, 0.15) is 31.0 Å². The zero-order chi connectivity index (χ0) is 22.3. The van der Waals surface area contributed by atoms with E-state index in [1.54, 1.807) is 0 Å². The standard InChI is InChI=1S/C27H30BN3O/c1-20-19-22(30-27(20)25(16-17-29-2)26-9-6-18-31(26)28)13-10-21-11-14-24(15-12-21)32-23-7-4-3-5-8-23/h3-15,18,20,29H,16-17,19,28H2,1-2H3/b13-10+,27-25-. The molecule has 0 saturated carbocycles.